The summed E-state index contributed by atoms with van der Waals surface area (Å²) in [6.45, 7) is 4.59. The third kappa shape index (κ3) is 9.12. The molecule has 0 aromatic carbocycles. The van der Waals surface area contributed by atoms with Crippen LogP contribution in [0.25, 0.3) is 0 Å². The lowest BCUT2D eigenvalue weighted by atomic mass is 10.1. The van der Waals surface area contributed by atoms with Gasteiger partial charge in [-0.25, -0.2) is 0 Å². The lowest BCUT2D eigenvalue weighted by Gasteiger charge is -2.07. The Morgan fingerprint density at radius 1 is 1.31 bits per heavy atom. The van der Waals surface area contributed by atoms with E-state index in [-0.39, 0.29) is 6.10 Å². The van der Waals surface area contributed by atoms with E-state index in [4.69, 9.17) is 4.74 Å². The van der Waals surface area contributed by atoms with E-state index in [1.807, 2.05) is 6.92 Å². The first-order valence-electron chi connectivity index (χ1n) is 5.05. The van der Waals surface area contributed by atoms with Crippen molar-refractivity contribution in [3.05, 3.63) is 12.2 Å². The number of hydrogen-bond donors (Lipinski definition) is 0. The van der Waals surface area contributed by atoms with Crippen LogP contribution in [0, 0.1) is 0 Å². The molecule has 0 aliphatic rings. The fraction of sp³-hybridized carbons (Fsp3) is 0.727. The molecule has 0 spiro atoms. The Balaban J connectivity index is 3.15. The first kappa shape index (κ1) is 12.2. The van der Waals surface area contributed by atoms with Crippen molar-refractivity contribution in [1.29, 1.82) is 0 Å². The van der Waals surface area contributed by atoms with Gasteiger partial charge in [-0.05, 0) is 39.0 Å². The highest BCUT2D eigenvalue weighted by molar-refractivity contribution is 5.37. The van der Waals surface area contributed by atoms with E-state index in [1.165, 1.54) is 6.42 Å². The lowest BCUT2D eigenvalue weighted by Crippen LogP contribution is -2.05. The molecule has 0 aromatic heterocycles. The lowest BCUT2D eigenvalue weighted by molar-refractivity contribution is -0.133. The van der Waals surface area contributed by atoms with Crippen LogP contribution in [0.1, 0.15) is 46.0 Å². The Labute approximate surface area is 81.0 Å². The summed E-state index contributed by atoms with van der Waals surface area (Å²) < 4.78 is 4.77. The molecule has 2 heteroatoms. The fourth-order valence-corrected chi connectivity index (χ4v) is 1.14. The van der Waals surface area contributed by atoms with Gasteiger partial charge in [0.25, 0.3) is 6.47 Å². The summed E-state index contributed by atoms with van der Waals surface area (Å²) in [5, 5.41) is 0. The average Bonchev–Trinajstić information content (AvgIpc) is 2.11. The number of unbranched alkanes of at least 4 members (excludes halogenated alkanes) is 2. The van der Waals surface area contributed by atoms with Gasteiger partial charge in [-0.15, -0.1) is 0 Å². The van der Waals surface area contributed by atoms with Crippen LogP contribution >= 0.6 is 0 Å². The number of carbonyl (C=O) groups excluding carboxylic acids is 1. The number of hydrogen-bond acceptors (Lipinski definition) is 2. The van der Waals surface area contributed by atoms with Gasteiger partial charge in [0.2, 0.25) is 0 Å². The van der Waals surface area contributed by atoms with Crippen LogP contribution < -0.4 is 0 Å². The smallest absolute Gasteiger partial charge is 0.293 e. The van der Waals surface area contributed by atoms with E-state index in [1.54, 1.807) is 0 Å². The largest absolute Gasteiger partial charge is 0.465 e. The second kappa shape index (κ2) is 9.30. The zero-order chi connectivity index (χ0) is 9.94. The molecule has 0 heterocycles. The van der Waals surface area contributed by atoms with Gasteiger partial charge in [-0.1, -0.05) is 19.1 Å². The monoisotopic (exact) mass is 184 g/mol. The Morgan fingerprint density at radius 2 is 2.08 bits per heavy atom. The van der Waals surface area contributed by atoms with E-state index in [0.717, 1.165) is 25.7 Å². The predicted octanol–water partition coefficient (Wildman–Crippen LogP) is 3.07. The van der Waals surface area contributed by atoms with Gasteiger partial charge in [-0.2, -0.15) is 0 Å². The highest BCUT2D eigenvalue weighted by atomic mass is 16.5. The Bertz CT molecular complexity index is 141. The van der Waals surface area contributed by atoms with E-state index in [0.29, 0.717) is 6.47 Å². The van der Waals surface area contributed by atoms with Gasteiger partial charge in [0.05, 0.1) is 6.10 Å². The van der Waals surface area contributed by atoms with Crippen LogP contribution in [0.2, 0.25) is 0 Å². The molecule has 0 N–H and O–H groups in total. The molecule has 0 aromatic rings. The summed E-state index contributed by atoms with van der Waals surface area (Å²) in [5.74, 6) is 0. The SMILES string of the molecule is CCC=CCCCCC(C)OC=O. The van der Waals surface area contributed by atoms with Crippen LogP contribution in [0.4, 0.5) is 0 Å². The Kier molecular flexibility index (Phi) is 8.73. The van der Waals surface area contributed by atoms with Crippen molar-refractivity contribution < 1.29 is 9.53 Å². The van der Waals surface area contributed by atoms with Crippen LogP contribution in [0.15, 0.2) is 12.2 Å². The zero-order valence-electron chi connectivity index (χ0n) is 8.66. The van der Waals surface area contributed by atoms with E-state index in [2.05, 4.69) is 19.1 Å². The fourth-order valence-electron chi connectivity index (χ4n) is 1.14. The van der Waals surface area contributed by atoms with Gasteiger partial charge in [0, 0.05) is 0 Å². The molecule has 0 rings (SSSR count). The topological polar surface area (TPSA) is 26.3 Å². The minimum Gasteiger partial charge on any atom is -0.465 e. The molecule has 76 valence electrons. The van der Waals surface area contributed by atoms with Crippen molar-refractivity contribution in [3.63, 3.8) is 0 Å². The molecule has 0 bridgehead atoms. The van der Waals surface area contributed by atoms with Crippen molar-refractivity contribution >= 4 is 6.47 Å². The van der Waals surface area contributed by atoms with E-state index >= 15 is 0 Å². The average molecular weight is 184 g/mol. The molecule has 0 aliphatic carbocycles. The van der Waals surface area contributed by atoms with Crippen LogP contribution in [0.5, 0.6) is 0 Å². The van der Waals surface area contributed by atoms with Crippen molar-refractivity contribution in [1.82, 2.24) is 0 Å². The maximum atomic E-state index is 9.96. The van der Waals surface area contributed by atoms with Crippen molar-refractivity contribution in [2.24, 2.45) is 0 Å². The maximum absolute atomic E-state index is 9.96. The van der Waals surface area contributed by atoms with Gasteiger partial charge in [0.1, 0.15) is 0 Å². The van der Waals surface area contributed by atoms with Gasteiger partial charge in [-0.3, -0.25) is 4.79 Å². The minimum atomic E-state index is 0.0765. The zero-order valence-corrected chi connectivity index (χ0v) is 8.66. The van der Waals surface area contributed by atoms with Crippen molar-refractivity contribution in [2.75, 3.05) is 0 Å². The third-order valence-electron chi connectivity index (χ3n) is 1.92. The maximum Gasteiger partial charge on any atom is 0.293 e. The van der Waals surface area contributed by atoms with E-state index < -0.39 is 0 Å². The number of allylic oxidation sites excluding steroid dienone is 2. The van der Waals surface area contributed by atoms with Gasteiger partial charge in [0.15, 0.2) is 0 Å². The normalized spacial score (nSPS) is 13.1. The first-order valence-corrected chi connectivity index (χ1v) is 5.05. The number of ether oxygens (including phenoxy) is 1. The number of carbonyl (C=O) groups is 1. The molecule has 0 radical (unpaired) electrons. The molecule has 13 heavy (non-hydrogen) atoms. The van der Waals surface area contributed by atoms with Crippen LogP contribution in [-0.4, -0.2) is 12.6 Å². The molecule has 2 nitrogen and oxygen atoms in total. The standard InChI is InChI=1S/C11H20O2/c1-3-4-5-6-7-8-9-11(2)13-10-12/h4-5,10-11H,3,6-9H2,1-2H3. The molecule has 1 unspecified atom stereocenters. The Morgan fingerprint density at radius 3 is 2.69 bits per heavy atom. The van der Waals surface area contributed by atoms with Crippen LogP contribution in [-0.2, 0) is 9.53 Å². The highest BCUT2D eigenvalue weighted by Gasteiger charge is 1.99. The molecular formula is C11H20O2. The van der Waals surface area contributed by atoms with Crippen molar-refractivity contribution in [3.8, 4) is 0 Å². The third-order valence-corrected chi connectivity index (χ3v) is 1.92. The molecule has 0 fully saturated rings. The summed E-state index contributed by atoms with van der Waals surface area (Å²) >= 11 is 0. The summed E-state index contributed by atoms with van der Waals surface area (Å²) in [7, 11) is 0. The summed E-state index contributed by atoms with van der Waals surface area (Å²) in [4.78, 5) is 9.96. The summed E-state index contributed by atoms with van der Waals surface area (Å²) in [5.41, 5.74) is 0. The highest BCUT2D eigenvalue weighted by Crippen LogP contribution is 2.06. The molecular weight excluding hydrogens is 164 g/mol. The second-order valence-corrected chi connectivity index (χ2v) is 3.21. The molecule has 0 saturated heterocycles. The van der Waals surface area contributed by atoms with Gasteiger partial charge >= 0.3 is 0 Å². The molecule has 0 saturated carbocycles. The van der Waals surface area contributed by atoms with E-state index in [9.17, 15) is 4.79 Å². The quantitative estimate of drug-likeness (QED) is 0.329. The molecule has 0 aliphatic heterocycles. The molecule has 0 amide bonds. The second-order valence-electron chi connectivity index (χ2n) is 3.21. The molecule has 1 atom stereocenters. The summed E-state index contributed by atoms with van der Waals surface area (Å²) in [6.07, 6.45) is 10.0. The van der Waals surface area contributed by atoms with Gasteiger partial charge < -0.3 is 4.74 Å². The predicted molar refractivity (Wildman–Crippen MR) is 54.5 cm³/mol. The van der Waals surface area contributed by atoms with Crippen molar-refractivity contribution in [2.45, 2.75) is 52.1 Å². The minimum absolute atomic E-state index is 0.0765. The Hall–Kier alpha value is -0.790. The van der Waals surface area contributed by atoms with Crippen LogP contribution in [0.3, 0.4) is 0 Å². The summed E-state index contributed by atoms with van der Waals surface area (Å²) in [6, 6.07) is 0. The number of rotatable bonds is 8. The first-order chi connectivity index (χ1) is 6.31.